The summed E-state index contributed by atoms with van der Waals surface area (Å²) in [5, 5.41) is 19.1. The maximum absolute atomic E-state index is 9.60. The summed E-state index contributed by atoms with van der Waals surface area (Å²) in [4.78, 5) is 0. The maximum atomic E-state index is 9.60. The van der Waals surface area contributed by atoms with Crippen molar-refractivity contribution in [2.24, 2.45) is 0 Å². The van der Waals surface area contributed by atoms with Gasteiger partial charge in [0.05, 0.1) is 0 Å². The molecule has 1 aromatic rings. The molecule has 1 rings (SSSR count). The van der Waals surface area contributed by atoms with Gasteiger partial charge in [-0.1, -0.05) is 19.8 Å². The molecular formula is C12H18O2. The molecule has 0 saturated carbocycles. The van der Waals surface area contributed by atoms with Gasteiger partial charge in [0.25, 0.3) is 0 Å². The van der Waals surface area contributed by atoms with Gasteiger partial charge in [-0.25, -0.2) is 0 Å². The molecule has 0 amide bonds. The van der Waals surface area contributed by atoms with E-state index in [0.717, 1.165) is 30.4 Å². The molecule has 0 aliphatic heterocycles. The van der Waals surface area contributed by atoms with Crippen molar-refractivity contribution in [3.05, 3.63) is 23.3 Å². The van der Waals surface area contributed by atoms with Gasteiger partial charge in [0, 0.05) is 5.56 Å². The molecular weight excluding hydrogens is 176 g/mol. The fourth-order valence-electron chi connectivity index (χ4n) is 1.60. The highest BCUT2D eigenvalue weighted by Gasteiger charge is 2.07. The molecule has 0 spiro atoms. The summed E-state index contributed by atoms with van der Waals surface area (Å²) in [7, 11) is 0. The molecule has 0 aliphatic carbocycles. The summed E-state index contributed by atoms with van der Waals surface area (Å²) in [6.07, 6.45) is 4.24. The van der Waals surface area contributed by atoms with Crippen molar-refractivity contribution < 1.29 is 10.2 Å². The minimum atomic E-state index is 0.272. The van der Waals surface area contributed by atoms with Crippen molar-refractivity contribution in [2.75, 3.05) is 0 Å². The molecule has 0 bridgehead atoms. The average Bonchev–Trinajstić information content (AvgIpc) is 2.18. The molecule has 14 heavy (non-hydrogen) atoms. The highest BCUT2D eigenvalue weighted by molar-refractivity contribution is 5.46. The Hall–Kier alpha value is -1.18. The quantitative estimate of drug-likeness (QED) is 0.571. The lowest BCUT2D eigenvalue weighted by molar-refractivity contribution is 0.449. The summed E-state index contributed by atoms with van der Waals surface area (Å²) in [5.41, 5.74) is 1.69. The smallest absolute Gasteiger partial charge is 0.119 e. The second-order valence-electron chi connectivity index (χ2n) is 3.66. The van der Waals surface area contributed by atoms with Crippen LogP contribution in [-0.4, -0.2) is 10.2 Å². The molecule has 2 heteroatoms. The summed E-state index contributed by atoms with van der Waals surface area (Å²) >= 11 is 0. The van der Waals surface area contributed by atoms with Crippen LogP contribution in [0.25, 0.3) is 0 Å². The summed E-state index contributed by atoms with van der Waals surface area (Å²) < 4.78 is 0. The predicted molar refractivity (Wildman–Crippen MR) is 57.7 cm³/mol. The van der Waals surface area contributed by atoms with E-state index in [0.29, 0.717) is 5.75 Å². The van der Waals surface area contributed by atoms with Crippen LogP contribution in [0.15, 0.2) is 12.1 Å². The molecule has 0 atom stereocenters. The molecule has 0 aliphatic rings. The van der Waals surface area contributed by atoms with Crippen LogP contribution in [0, 0.1) is 6.92 Å². The number of unbranched alkanes of at least 4 members (excludes halogenated alkanes) is 2. The number of rotatable bonds is 4. The van der Waals surface area contributed by atoms with E-state index in [1.54, 1.807) is 6.07 Å². The molecule has 2 N–H and O–H groups in total. The molecule has 0 saturated heterocycles. The third kappa shape index (κ3) is 2.41. The second-order valence-corrected chi connectivity index (χ2v) is 3.66. The normalized spacial score (nSPS) is 10.4. The van der Waals surface area contributed by atoms with E-state index in [4.69, 9.17) is 0 Å². The van der Waals surface area contributed by atoms with Gasteiger partial charge in [-0.3, -0.25) is 0 Å². The first-order valence-corrected chi connectivity index (χ1v) is 5.17. The number of aromatic hydroxyl groups is 2. The van der Waals surface area contributed by atoms with E-state index in [1.807, 2.05) is 6.92 Å². The Bertz CT molecular complexity index is 305. The van der Waals surface area contributed by atoms with Gasteiger partial charge in [0.1, 0.15) is 11.5 Å². The predicted octanol–water partition coefficient (Wildman–Crippen LogP) is 3.14. The minimum Gasteiger partial charge on any atom is -0.508 e. The number of hydrogen-bond donors (Lipinski definition) is 2. The third-order valence-electron chi connectivity index (χ3n) is 2.58. The number of benzene rings is 1. The standard InChI is InChI=1S/C12H18O2/c1-3-4-5-6-10-9(2)11(13)7-8-12(10)14/h7-8,13-14H,3-6H2,1-2H3. The lowest BCUT2D eigenvalue weighted by atomic mass is 10.0. The Labute approximate surface area is 85.2 Å². The van der Waals surface area contributed by atoms with Crippen LogP contribution >= 0.6 is 0 Å². The van der Waals surface area contributed by atoms with Crippen molar-refractivity contribution in [1.29, 1.82) is 0 Å². The van der Waals surface area contributed by atoms with Crippen LogP contribution in [0.2, 0.25) is 0 Å². The first-order valence-electron chi connectivity index (χ1n) is 5.17. The van der Waals surface area contributed by atoms with Gasteiger partial charge in [-0.15, -0.1) is 0 Å². The van der Waals surface area contributed by atoms with Crippen LogP contribution < -0.4 is 0 Å². The van der Waals surface area contributed by atoms with Crippen molar-refractivity contribution in [3.63, 3.8) is 0 Å². The summed E-state index contributed by atoms with van der Waals surface area (Å²) in [6, 6.07) is 3.09. The van der Waals surface area contributed by atoms with Gasteiger partial charge < -0.3 is 10.2 Å². The van der Waals surface area contributed by atoms with E-state index in [2.05, 4.69) is 6.92 Å². The van der Waals surface area contributed by atoms with Gasteiger partial charge in [0.2, 0.25) is 0 Å². The minimum absolute atomic E-state index is 0.272. The SMILES string of the molecule is CCCCCc1c(O)ccc(O)c1C. The first-order chi connectivity index (χ1) is 6.66. The maximum Gasteiger partial charge on any atom is 0.119 e. The fourth-order valence-corrected chi connectivity index (χ4v) is 1.60. The monoisotopic (exact) mass is 194 g/mol. The zero-order valence-electron chi connectivity index (χ0n) is 8.88. The van der Waals surface area contributed by atoms with E-state index in [9.17, 15) is 10.2 Å². The van der Waals surface area contributed by atoms with Crippen molar-refractivity contribution in [3.8, 4) is 11.5 Å². The lowest BCUT2D eigenvalue weighted by Crippen LogP contribution is -1.91. The lowest BCUT2D eigenvalue weighted by Gasteiger charge is -2.09. The van der Waals surface area contributed by atoms with Crippen LogP contribution in [0.5, 0.6) is 11.5 Å². The van der Waals surface area contributed by atoms with Crippen molar-refractivity contribution in [1.82, 2.24) is 0 Å². The fraction of sp³-hybridized carbons (Fsp3) is 0.500. The highest BCUT2D eigenvalue weighted by Crippen LogP contribution is 2.29. The zero-order chi connectivity index (χ0) is 10.6. The molecule has 2 nitrogen and oxygen atoms in total. The molecule has 0 fully saturated rings. The van der Waals surface area contributed by atoms with Crippen LogP contribution in [0.3, 0.4) is 0 Å². The van der Waals surface area contributed by atoms with Crippen molar-refractivity contribution >= 4 is 0 Å². The molecule has 0 heterocycles. The average molecular weight is 194 g/mol. The molecule has 1 aromatic carbocycles. The van der Waals surface area contributed by atoms with Gasteiger partial charge in [0.15, 0.2) is 0 Å². The number of phenolic OH excluding ortho intramolecular Hbond substituents is 2. The van der Waals surface area contributed by atoms with E-state index in [-0.39, 0.29) is 5.75 Å². The van der Waals surface area contributed by atoms with Crippen LogP contribution in [0.4, 0.5) is 0 Å². The van der Waals surface area contributed by atoms with Crippen LogP contribution in [-0.2, 0) is 6.42 Å². The van der Waals surface area contributed by atoms with E-state index >= 15 is 0 Å². The number of phenols is 2. The molecule has 0 radical (unpaired) electrons. The summed E-state index contributed by atoms with van der Waals surface area (Å²) in [5.74, 6) is 0.575. The highest BCUT2D eigenvalue weighted by atomic mass is 16.3. The zero-order valence-corrected chi connectivity index (χ0v) is 8.88. The first kappa shape index (κ1) is 10.9. The van der Waals surface area contributed by atoms with Crippen molar-refractivity contribution in [2.45, 2.75) is 39.5 Å². The van der Waals surface area contributed by atoms with E-state index < -0.39 is 0 Å². The third-order valence-corrected chi connectivity index (χ3v) is 2.58. The Balaban J connectivity index is 2.79. The van der Waals surface area contributed by atoms with Gasteiger partial charge >= 0.3 is 0 Å². The Kier molecular flexibility index (Phi) is 3.81. The topological polar surface area (TPSA) is 40.5 Å². The molecule has 78 valence electrons. The van der Waals surface area contributed by atoms with Gasteiger partial charge in [-0.05, 0) is 37.5 Å². The van der Waals surface area contributed by atoms with Gasteiger partial charge in [-0.2, -0.15) is 0 Å². The molecule has 0 aromatic heterocycles. The van der Waals surface area contributed by atoms with E-state index in [1.165, 1.54) is 12.5 Å². The van der Waals surface area contributed by atoms with Crippen LogP contribution in [0.1, 0.15) is 37.3 Å². The second kappa shape index (κ2) is 4.89. The number of hydrogen-bond acceptors (Lipinski definition) is 2. The Morgan fingerprint density at radius 3 is 2.36 bits per heavy atom. The largest absolute Gasteiger partial charge is 0.508 e. The molecule has 0 unspecified atom stereocenters. The summed E-state index contributed by atoms with van der Waals surface area (Å²) in [6.45, 7) is 3.99. The Morgan fingerprint density at radius 2 is 1.71 bits per heavy atom. The Morgan fingerprint density at radius 1 is 1.07 bits per heavy atom.